The zero-order valence-corrected chi connectivity index (χ0v) is 16.0. The Kier molecular flexibility index (Phi) is 5.86. The topological polar surface area (TPSA) is 59.8 Å². The van der Waals surface area contributed by atoms with E-state index in [1.54, 1.807) is 6.08 Å². The Labute approximate surface area is 155 Å². The highest BCUT2D eigenvalue weighted by atomic mass is 16.1. The summed E-state index contributed by atoms with van der Waals surface area (Å²) < 4.78 is 2.23. The smallest absolute Gasteiger partial charge is 0.244 e. The molecule has 1 N–H and O–H groups in total. The van der Waals surface area contributed by atoms with E-state index in [1.165, 1.54) is 36.0 Å². The zero-order valence-electron chi connectivity index (χ0n) is 16.0. The predicted octanol–water partition coefficient (Wildman–Crippen LogP) is 3.30. The van der Waals surface area contributed by atoms with E-state index in [4.69, 9.17) is 0 Å². The molecule has 2 heterocycles. The monoisotopic (exact) mass is 352 g/mol. The van der Waals surface area contributed by atoms with Crippen molar-refractivity contribution in [1.29, 1.82) is 0 Å². The maximum absolute atomic E-state index is 12.1. The molecular weight excluding hydrogens is 324 g/mol. The van der Waals surface area contributed by atoms with Gasteiger partial charge in [-0.15, -0.1) is 10.2 Å². The lowest BCUT2D eigenvalue weighted by atomic mass is 10.0. The summed E-state index contributed by atoms with van der Waals surface area (Å²) in [4.78, 5) is 12.1. The van der Waals surface area contributed by atoms with Crippen molar-refractivity contribution in [1.82, 2.24) is 20.1 Å². The molecule has 5 heteroatoms. The molecule has 1 aromatic heterocycles. The maximum Gasteiger partial charge on any atom is 0.244 e. The number of nitrogens with one attached hydrogen (secondary N) is 1. The Bertz CT molecular complexity index is 820. The van der Waals surface area contributed by atoms with E-state index >= 15 is 0 Å². The van der Waals surface area contributed by atoms with Gasteiger partial charge in [-0.2, -0.15) is 0 Å². The van der Waals surface area contributed by atoms with Crippen LogP contribution < -0.4 is 5.32 Å². The normalized spacial score (nSPS) is 14.3. The number of nitrogens with zero attached hydrogens (tertiary/aromatic N) is 3. The van der Waals surface area contributed by atoms with E-state index in [0.717, 1.165) is 36.6 Å². The summed E-state index contributed by atoms with van der Waals surface area (Å²) >= 11 is 0. The van der Waals surface area contributed by atoms with Crippen LogP contribution in [0.4, 0.5) is 0 Å². The Balaban J connectivity index is 1.53. The van der Waals surface area contributed by atoms with E-state index in [1.807, 2.05) is 6.08 Å². The molecule has 0 fully saturated rings. The van der Waals surface area contributed by atoms with Crippen molar-refractivity contribution >= 4 is 12.0 Å². The lowest BCUT2D eigenvalue weighted by molar-refractivity contribution is -0.116. The second kappa shape index (κ2) is 8.30. The van der Waals surface area contributed by atoms with E-state index < -0.39 is 0 Å². The third-order valence-corrected chi connectivity index (χ3v) is 5.13. The van der Waals surface area contributed by atoms with Crippen molar-refractivity contribution in [2.45, 2.75) is 59.4 Å². The summed E-state index contributed by atoms with van der Waals surface area (Å²) in [7, 11) is 0. The molecule has 0 bridgehead atoms. The van der Waals surface area contributed by atoms with Crippen molar-refractivity contribution in [2.24, 2.45) is 0 Å². The molecule has 3 rings (SSSR count). The number of benzene rings is 1. The van der Waals surface area contributed by atoms with E-state index in [2.05, 4.69) is 53.0 Å². The molecule has 0 spiro atoms. The second-order valence-electron chi connectivity index (χ2n) is 7.16. The van der Waals surface area contributed by atoms with Gasteiger partial charge < -0.3 is 9.88 Å². The number of fused-ring (bicyclic) bond motifs is 1. The Morgan fingerprint density at radius 1 is 1.12 bits per heavy atom. The number of hydrogen-bond donors (Lipinski definition) is 1. The van der Waals surface area contributed by atoms with Gasteiger partial charge in [0, 0.05) is 32.0 Å². The SMILES string of the molecule is Cc1cc(C)c(C=CC(=O)NCCc2nnc3n2CCCCC3)cc1C. The van der Waals surface area contributed by atoms with Gasteiger partial charge in [0.1, 0.15) is 11.6 Å². The lowest BCUT2D eigenvalue weighted by Crippen LogP contribution is -2.24. The standard InChI is InChI=1S/C21H28N4O/c1-15-13-17(3)18(14-16(15)2)8-9-21(26)22-11-10-20-24-23-19-7-5-4-6-12-25(19)20/h8-9,13-14H,4-7,10-12H2,1-3H3,(H,22,26). The van der Waals surface area contributed by atoms with Crippen molar-refractivity contribution in [3.05, 3.63) is 52.1 Å². The van der Waals surface area contributed by atoms with Gasteiger partial charge >= 0.3 is 0 Å². The van der Waals surface area contributed by atoms with Crippen LogP contribution in [0.2, 0.25) is 0 Å². The number of rotatable bonds is 5. The number of carbonyl (C=O) groups is 1. The Morgan fingerprint density at radius 2 is 1.92 bits per heavy atom. The van der Waals surface area contributed by atoms with E-state index in [0.29, 0.717) is 6.54 Å². The Hall–Kier alpha value is -2.43. The van der Waals surface area contributed by atoms with Gasteiger partial charge in [-0.1, -0.05) is 18.6 Å². The average molecular weight is 352 g/mol. The van der Waals surface area contributed by atoms with Crippen LogP contribution in [0, 0.1) is 20.8 Å². The van der Waals surface area contributed by atoms with Gasteiger partial charge in [-0.25, -0.2) is 0 Å². The molecule has 1 amide bonds. The van der Waals surface area contributed by atoms with Crippen LogP contribution in [0.1, 0.15) is 53.2 Å². The molecule has 1 aliphatic rings. The number of amides is 1. The van der Waals surface area contributed by atoms with Crippen LogP contribution in [0.15, 0.2) is 18.2 Å². The fourth-order valence-electron chi connectivity index (χ4n) is 3.41. The average Bonchev–Trinajstić information content (AvgIpc) is 2.84. The molecule has 0 saturated heterocycles. The fourth-order valence-corrected chi connectivity index (χ4v) is 3.41. The van der Waals surface area contributed by atoms with Gasteiger partial charge in [0.2, 0.25) is 5.91 Å². The summed E-state index contributed by atoms with van der Waals surface area (Å²) in [6, 6.07) is 4.28. The highest BCUT2D eigenvalue weighted by Crippen LogP contribution is 2.17. The Morgan fingerprint density at radius 3 is 2.77 bits per heavy atom. The number of aromatic nitrogens is 3. The lowest BCUT2D eigenvalue weighted by Gasteiger charge is -2.07. The first-order chi connectivity index (χ1) is 12.5. The predicted molar refractivity (Wildman–Crippen MR) is 104 cm³/mol. The van der Waals surface area contributed by atoms with Crippen LogP contribution in [-0.4, -0.2) is 27.2 Å². The van der Waals surface area contributed by atoms with E-state index in [9.17, 15) is 4.79 Å². The molecular formula is C21H28N4O. The quantitative estimate of drug-likeness (QED) is 0.840. The van der Waals surface area contributed by atoms with Gasteiger partial charge in [-0.3, -0.25) is 4.79 Å². The van der Waals surface area contributed by atoms with Gasteiger partial charge in [0.25, 0.3) is 0 Å². The highest BCUT2D eigenvalue weighted by Gasteiger charge is 2.14. The third kappa shape index (κ3) is 4.40. The fraction of sp³-hybridized carbons (Fsp3) is 0.476. The molecule has 26 heavy (non-hydrogen) atoms. The van der Waals surface area contributed by atoms with Crippen LogP contribution in [0.3, 0.4) is 0 Å². The molecule has 138 valence electrons. The van der Waals surface area contributed by atoms with Crippen LogP contribution >= 0.6 is 0 Å². The third-order valence-electron chi connectivity index (χ3n) is 5.13. The van der Waals surface area contributed by atoms with Crippen LogP contribution in [0.25, 0.3) is 6.08 Å². The first-order valence-corrected chi connectivity index (χ1v) is 9.49. The molecule has 1 aromatic carbocycles. The van der Waals surface area contributed by atoms with Crippen molar-refractivity contribution in [3.8, 4) is 0 Å². The maximum atomic E-state index is 12.1. The molecule has 0 saturated carbocycles. The van der Waals surface area contributed by atoms with Gasteiger partial charge in [0.15, 0.2) is 0 Å². The summed E-state index contributed by atoms with van der Waals surface area (Å²) in [5.74, 6) is 2.00. The minimum absolute atomic E-state index is 0.0711. The number of hydrogen-bond acceptors (Lipinski definition) is 3. The molecule has 0 unspecified atom stereocenters. The minimum Gasteiger partial charge on any atom is -0.352 e. The summed E-state index contributed by atoms with van der Waals surface area (Å²) in [5, 5.41) is 11.6. The van der Waals surface area contributed by atoms with Gasteiger partial charge in [0.05, 0.1) is 0 Å². The first-order valence-electron chi connectivity index (χ1n) is 9.49. The number of aryl methyl sites for hydroxylation is 4. The molecule has 1 aliphatic heterocycles. The summed E-state index contributed by atoms with van der Waals surface area (Å²) in [5.41, 5.74) is 4.79. The largest absolute Gasteiger partial charge is 0.352 e. The van der Waals surface area contributed by atoms with Gasteiger partial charge in [-0.05, 0) is 61.9 Å². The van der Waals surface area contributed by atoms with Crippen molar-refractivity contribution in [3.63, 3.8) is 0 Å². The second-order valence-corrected chi connectivity index (χ2v) is 7.16. The minimum atomic E-state index is -0.0711. The van der Waals surface area contributed by atoms with E-state index in [-0.39, 0.29) is 5.91 Å². The molecule has 5 nitrogen and oxygen atoms in total. The van der Waals surface area contributed by atoms with Crippen LogP contribution in [-0.2, 0) is 24.2 Å². The zero-order chi connectivity index (χ0) is 18.5. The summed E-state index contributed by atoms with van der Waals surface area (Å²) in [6.45, 7) is 7.84. The molecule has 0 radical (unpaired) electrons. The highest BCUT2D eigenvalue weighted by molar-refractivity contribution is 5.91. The molecule has 2 aromatic rings. The first kappa shape index (κ1) is 18.4. The molecule has 0 aliphatic carbocycles. The summed E-state index contributed by atoms with van der Waals surface area (Å²) in [6.07, 6.45) is 8.86. The van der Waals surface area contributed by atoms with Crippen molar-refractivity contribution < 1.29 is 4.79 Å². The van der Waals surface area contributed by atoms with Crippen molar-refractivity contribution in [2.75, 3.05) is 6.54 Å². The van der Waals surface area contributed by atoms with Crippen LogP contribution in [0.5, 0.6) is 0 Å². The molecule has 0 atom stereocenters. The number of carbonyl (C=O) groups excluding carboxylic acids is 1.